The number of carbonyl (C=O) groups excluding carboxylic acids is 2. The minimum Gasteiger partial charge on any atom is -0.385 e. The van der Waals surface area contributed by atoms with Crippen LogP contribution in [0.15, 0.2) is 54.6 Å². The number of anilines is 1. The Hall–Kier alpha value is -2.66. The number of amides is 2. The fourth-order valence-electron chi connectivity index (χ4n) is 2.50. The Morgan fingerprint density at radius 1 is 1.08 bits per heavy atom. The molecule has 0 spiro atoms. The van der Waals surface area contributed by atoms with Crippen molar-refractivity contribution in [1.82, 2.24) is 5.32 Å². The Labute approximate surface area is 148 Å². The molecule has 0 saturated carbocycles. The summed E-state index contributed by atoms with van der Waals surface area (Å²) in [5, 5.41) is 16.1. The van der Waals surface area contributed by atoms with Crippen LogP contribution in [0.5, 0.6) is 0 Å². The molecule has 3 N–H and O–H groups in total. The minimum absolute atomic E-state index is 0.0801. The van der Waals surface area contributed by atoms with E-state index < -0.39 is 5.60 Å². The summed E-state index contributed by atoms with van der Waals surface area (Å²) in [6.45, 7) is 4.20. The second-order valence-corrected chi connectivity index (χ2v) is 6.20. The van der Waals surface area contributed by atoms with Gasteiger partial charge in [-0.1, -0.05) is 43.3 Å². The minimum atomic E-state index is -1.26. The van der Waals surface area contributed by atoms with E-state index in [9.17, 15) is 14.7 Å². The molecule has 2 amide bonds. The van der Waals surface area contributed by atoms with E-state index in [0.717, 1.165) is 6.42 Å². The van der Waals surface area contributed by atoms with Crippen molar-refractivity contribution in [3.8, 4) is 0 Å². The van der Waals surface area contributed by atoms with Crippen molar-refractivity contribution < 1.29 is 14.7 Å². The summed E-state index contributed by atoms with van der Waals surface area (Å²) in [5.74, 6) is -0.491. The first-order valence-electron chi connectivity index (χ1n) is 8.38. The molecule has 2 rings (SSSR count). The summed E-state index contributed by atoms with van der Waals surface area (Å²) in [5.41, 5.74) is 0.429. The highest BCUT2D eigenvalue weighted by molar-refractivity contribution is 5.97. The van der Waals surface area contributed by atoms with Crippen LogP contribution in [0.2, 0.25) is 0 Å². The van der Waals surface area contributed by atoms with Crippen molar-refractivity contribution in [2.24, 2.45) is 0 Å². The first-order valence-corrected chi connectivity index (χ1v) is 8.38. The first kappa shape index (κ1) is 18.7. The lowest BCUT2D eigenvalue weighted by molar-refractivity contribution is -0.120. The van der Waals surface area contributed by atoms with Crippen LogP contribution in [0.3, 0.4) is 0 Å². The molecule has 25 heavy (non-hydrogen) atoms. The van der Waals surface area contributed by atoms with E-state index in [-0.39, 0.29) is 18.2 Å². The fraction of sp³-hybridized carbons (Fsp3) is 0.300. The Morgan fingerprint density at radius 3 is 2.48 bits per heavy atom. The molecule has 0 bridgehead atoms. The van der Waals surface area contributed by atoms with Crippen molar-refractivity contribution in [2.75, 3.05) is 11.9 Å². The van der Waals surface area contributed by atoms with E-state index in [2.05, 4.69) is 10.6 Å². The number of aliphatic hydroxyl groups is 1. The highest BCUT2D eigenvalue weighted by Gasteiger charge is 2.26. The van der Waals surface area contributed by atoms with E-state index >= 15 is 0 Å². The maximum atomic E-state index is 12.3. The van der Waals surface area contributed by atoms with E-state index in [0.29, 0.717) is 23.4 Å². The third kappa shape index (κ3) is 5.43. The average molecular weight is 340 g/mol. The average Bonchev–Trinajstić information content (AvgIpc) is 2.60. The Balaban J connectivity index is 2.02. The van der Waals surface area contributed by atoms with Crippen molar-refractivity contribution in [2.45, 2.75) is 32.3 Å². The van der Waals surface area contributed by atoms with Crippen molar-refractivity contribution in [3.05, 3.63) is 65.7 Å². The lowest BCUT2D eigenvalue weighted by Crippen LogP contribution is -2.28. The zero-order valence-electron chi connectivity index (χ0n) is 14.6. The molecule has 2 aromatic rings. The fourth-order valence-corrected chi connectivity index (χ4v) is 2.50. The van der Waals surface area contributed by atoms with Gasteiger partial charge in [0.25, 0.3) is 5.91 Å². The molecule has 5 nitrogen and oxygen atoms in total. The Morgan fingerprint density at radius 2 is 1.80 bits per heavy atom. The largest absolute Gasteiger partial charge is 0.385 e. The lowest BCUT2D eigenvalue weighted by Gasteiger charge is -2.23. The number of hydrogen-bond acceptors (Lipinski definition) is 3. The van der Waals surface area contributed by atoms with Gasteiger partial charge in [0, 0.05) is 17.8 Å². The third-order valence-electron chi connectivity index (χ3n) is 3.84. The van der Waals surface area contributed by atoms with E-state index in [1.165, 1.54) is 0 Å². The zero-order chi connectivity index (χ0) is 18.3. The van der Waals surface area contributed by atoms with Crippen molar-refractivity contribution >= 4 is 17.5 Å². The Kier molecular flexibility index (Phi) is 6.31. The lowest BCUT2D eigenvalue weighted by atomic mass is 9.92. The summed E-state index contributed by atoms with van der Waals surface area (Å²) < 4.78 is 0. The standard InChI is InChI=1S/C20H24N2O3/c1-3-12-21-19(24)15-8-7-11-17(13-15)22-18(23)14-20(2,25)16-9-5-4-6-10-16/h4-11,13,25H,3,12,14H2,1-2H3,(H,21,24)(H,22,23). The second-order valence-electron chi connectivity index (χ2n) is 6.20. The molecule has 0 heterocycles. The van der Waals surface area contributed by atoms with Gasteiger partial charge in [0.2, 0.25) is 5.91 Å². The van der Waals surface area contributed by atoms with Gasteiger partial charge in [-0.25, -0.2) is 0 Å². The van der Waals surface area contributed by atoms with Gasteiger partial charge in [0.15, 0.2) is 0 Å². The van der Waals surface area contributed by atoms with Gasteiger partial charge in [-0.05, 0) is 37.1 Å². The molecule has 0 aliphatic heterocycles. The molecule has 0 fully saturated rings. The molecule has 0 aliphatic rings. The van der Waals surface area contributed by atoms with Crippen LogP contribution in [-0.2, 0) is 10.4 Å². The van der Waals surface area contributed by atoms with Gasteiger partial charge in [0.1, 0.15) is 0 Å². The molecule has 0 radical (unpaired) electrons. The number of rotatable bonds is 7. The molecule has 132 valence electrons. The summed E-state index contributed by atoms with van der Waals surface area (Å²) >= 11 is 0. The maximum Gasteiger partial charge on any atom is 0.251 e. The van der Waals surface area contributed by atoms with Crippen LogP contribution in [0.4, 0.5) is 5.69 Å². The molecule has 0 aliphatic carbocycles. The molecule has 1 atom stereocenters. The van der Waals surface area contributed by atoms with Crippen LogP contribution >= 0.6 is 0 Å². The molecule has 2 aromatic carbocycles. The number of nitrogens with one attached hydrogen (secondary N) is 2. The van der Waals surface area contributed by atoms with Crippen LogP contribution < -0.4 is 10.6 Å². The normalized spacial score (nSPS) is 12.9. The summed E-state index contributed by atoms with van der Waals surface area (Å²) in [6, 6.07) is 15.8. The highest BCUT2D eigenvalue weighted by Crippen LogP contribution is 2.24. The smallest absolute Gasteiger partial charge is 0.251 e. The molecule has 0 aromatic heterocycles. The molecular weight excluding hydrogens is 316 g/mol. The number of benzene rings is 2. The topological polar surface area (TPSA) is 78.4 Å². The van der Waals surface area contributed by atoms with E-state index in [1.54, 1.807) is 43.3 Å². The summed E-state index contributed by atoms with van der Waals surface area (Å²) in [6.07, 6.45) is 0.778. The van der Waals surface area contributed by atoms with Gasteiger partial charge in [-0.2, -0.15) is 0 Å². The zero-order valence-corrected chi connectivity index (χ0v) is 14.6. The van der Waals surface area contributed by atoms with Gasteiger partial charge in [0.05, 0.1) is 12.0 Å². The highest BCUT2D eigenvalue weighted by atomic mass is 16.3. The molecule has 5 heteroatoms. The van der Waals surface area contributed by atoms with Gasteiger partial charge < -0.3 is 15.7 Å². The summed E-state index contributed by atoms with van der Waals surface area (Å²) in [7, 11) is 0. The molecule has 0 saturated heterocycles. The van der Waals surface area contributed by atoms with Crippen LogP contribution in [0, 0.1) is 0 Å². The Bertz CT molecular complexity index is 727. The van der Waals surface area contributed by atoms with Gasteiger partial charge >= 0.3 is 0 Å². The van der Waals surface area contributed by atoms with Crippen LogP contribution in [0.25, 0.3) is 0 Å². The number of carbonyl (C=O) groups is 2. The predicted molar refractivity (Wildman–Crippen MR) is 98.3 cm³/mol. The summed E-state index contributed by atoms with van der Waals surface area (Å²) in [4.78, 5) is 24.3. The monoisotopic (exact) mass is 340 g/mol. The van der Waals surface area contributed by atoms with Gasteiger partial charge in [-0.3, -0.25) is 9.59 Å². The number of hydrogen-bond donors (Lipinski definition) is 3. The van der Waals surface area contributed by atoms with Crippen LogP contribution in [-0.4, -0.2) is 23.5 Å². The van der Waals surface area contributed by atoms with Crippen LogP contribution in [0.1, 0.15) is 42.6 Å². The molecular formula is C20H24N2O3. The molecule has 1 unspecified atom stereocenters. The quantitative estimate of drug-likeness (QED) is 0.725. The van der Waals surface area contributed by atoms with E-state index in [1.807, 2.05) is 25.1 Å². The maximum absolute atomic E-state index is 12.3. The van der Waals surface area contributed by atoms with Crippen molar-refractivity contribution in [1.29, 1.82) is 0 Å². The van der Waals surface area contributed by atoms with Gasteiger partial charge in [-0.15, -0.1) is 0 Å². The van der Waals surface area contributed by atoms with Crippen molar-refractivity contribution in [3.63, 3.8) is 0 Å². The second kappa shape index (κ2) is 8.44. The van der Waals surface area contributed by atoms with E-state index in [4.69, 9.17) is 0 Å². The SMILES string of the molecule is CCCNC(=O)c1cccc(NC(=O)CC(C)(O)c2ccccc2)c1. The third-order valence-corrected chi connectivity index (χ3v) is 3.84. The first-order chi connectivity index (χ1) is 11.9. The predicted octanol–water partition coefficient (Wildman–Crippen LogP) is 3.06.